The largest absolute Gasteiger partial charge is 0.392 e. The van der Waals surface area contributed by atoms with Gasteiger partial charge in [-0.3, -0.25) is 0 Å². The summed E-state index contributed by atoms with van der Waals surface area (Å²) < 4.78 is 23.4. The fourth-order valence-corrected chi connectivity index (χ4v) is 3.07. The highest BCUT2D eigenvalue weighted by Crippen LogP contribution is 2.20. The Morgan fingerprint density at radius 2 is 1.67 bits per heavy atom. The van der Waals surface area contributed by atoms with Gasteiger partial charge in [0.25, 0.3) is 0 Å². The topological polar surface area (TPSA) is 66.4 Å². The summed E-state index contributed by atoms with van der Waals surface area (Å²) in [5, 5.41) is 12.2. The van der Waals surface area contributed by atoms with Crippen LogP contribution in [0.3, 0.4) is 0 Å². The first-order chi connectivity index (χ1) is 9.90. The first-order valence-electron chi connectivity index (χ1n) is 6.63. The Morgan fingerprint density at radius 3 is 2.24 bits per heavy atom. The van der Waals surface area contributed by atoms with E-state index in [0.717, 1.165) is 22.4 Å². The summed E-state index contributed by atoms with van der Waals surface area (Å²) in [6.45, 7) is 2.41. The minimum Gasteiger partial charge on any atom is -0.392 e. The number of anilines is 1. The first-order valence-corrected chi connectivity index (χ1v) is 8.52. The van der Waals surface area contributed by atoms with Gasteiger partial charge in [0.05, 0.1) is 11.5 Å². The van der Waals surface area contributed by atoms with Crippen molar-refractivity contribution in [2.75, 3.05) is 11.6 Å². The Bertz CT molecular complexity index is 722. The lowest BCUT2D eigenvalue weighted by atomic mass is 10.1. The van der Waals surface area contributed by atoms with Gasteiger partial charge in [-0.15, -0.1) is 0 Å². The molecule has 2 aromatic rings. The summed E-state index contributed by atoms with van der Waals surface area (Å²) in [6.07, 6.45) is 1.22. The van der Waals surface area contributed by atoms with Crippen molar-refractivity contribution in [3.63, 3.8) is 0 Å². The second-order valence-electron chi connectivity index (χ2n) is 5.08. The highest BCUT2D eigenvalue weighted by atomic mass is 32.2. The Labute approximate surface area is 125 Å². The lowest BCUT2D eigenvalue weighted by Crippen LogP contribution is -2.04. The fourth-order valence-electron chi connectivity index (χ4n) is 2.08. The number of aryl methyl sites for hydroxylation is 1. The van der Waals surface area contributed by atoms with Gasteiger partial charge in [0.2, 0.25) is 0 Å². The molecule has 0 saturated carbocycles. The Hall–Kier alpha value is -1.85. The summed E-state index contributed by atoms with van der Waals surface area (Å²) in [7, 11) is -3.22. The van der Waals surface area contributed by atoms with Crippen LogP contribution in [0.2, 0.25) is 0 Å². The molecule has 0 spiro atoms. The molecule has 0 aliphatic carbocycles. The number of sulfone groups is 1. The van der Waals surface area contributed by atoms with Crippen molar-refractivity contribution in [1.29, 1.82) is 0 Å². The van der Waals surface area contributed by atoms with Crippen LogP contribution in [-0.2, 0) is 23.0 Å². The van der Waals surface area contributed by atoms with Crippen LogP contribution in [-0.4, -0.2) is 19.8 Å². The number of aliphatic hydroxyl groups is 1. The predicted octanol–water partition coefficient (Wildman–Crippen LogP) is 2.50. The minimum absolute atomic E-state index is 0.0311. The van der Waals surface area contributed by atoms with E-state index >= 15 is 0 Å². The Morgan fingerprint density at radius 1 is 1.05 bits per heavy atom. The first kappa shape index (κ1) is 15.5. The summed E-state index contributed by atoms with van der Waals surface area (Å²) in [5.74, 6) is 0. The molecule has 0 fully saturated rings. The van der Waals surface area contributed by atoms with Crippen LogP contribution in [0.25, 0.3) is 0 Å². The van der Waals surface area contributed by atoms with Crippen LogP contribution in [0.15, 0.2) is 47.4 Å². The number of hydrogen-bond donors (Lipinski definition) is 2. The monoisotopic (exact) mass is 305 g/mol. The maximum Gasteiger partial charge on any atom is 0.175 e. The lowest BCUT2D eigenvalue weighted by molar-refractivity contribution is 0.282. The molecule has 2 aromatic carbocycles. The van der Waals surface area contributed by atoms with Crippen LogP contribution < -0.4 is 5.32 Å². The molecular weight excluding hydrogens is 286 g/mol. The molecule has 0 heterocycles. The zero-order chi connectivity index (χ0) is 15.5. The van der Waals surface area contributed by atoms with Crippen molar-refractivity contribution in [3.8, 4) is 0 Å². The summed E-state index contributed by atoms with van der Waals surface area (Å²) in [4.78, 5) is 0.350. The zero-order valence-corrected chi connectivity index (χ0v) is 12.9. The molecule has 0 amide bonds. The SMILES string of the molecule is Cc1ccc(NCc2ccc(CO)cc2)cc1S(C)(=O)=O. The van der Waals surface area contributed by atoms with Crippen molar-refractivity contribution in [2.45, 2.75) is 25.0 Å². The molecule has 21 heavy (non-hydrogen) atoms. The average molecular weight is 305 g/mol. The molecule has 4 nitrogen and oxygen atoms in total. The second-order valence-corrected chi connectivity index (χ2v) is 7.06. The normalized spacial score (nSPS) is 11.4. The number of benzene rings is 2. The number of hydrogen-bond acceptors (Lipinski definition) is 4. The van der Waals surface area contributed by atoms with Crippen LogP contribution in [0.5, 0.6) is 0 Å². The van der Waals surface area contributed by atoms with E-state index < -0.39 is 9.84 Å². The van der Waals surface area contributed by atoms with Crippen molar-refractivity contribution in [3.05, 3.63) is 59.2 Å². The molecule has 2 N–H and O–H groups in total. The zero-order valence-electron chi connectivity index (χ0n) is 12.1. The third-order valence-corrected chi connectivity index (χ3v) is 4.53. The molecule has 0 radical (unpaired) electrons. The van der Waals surface area contributed by atoms with E-state index in [9.17, 15) is 8.42 Å². The number of rotatable bonds is 5. The van der Waals surface area contributed by atoms with Gasteiger partial charge in [-0.1, -0.05) is 30.3 Å². The van der Waals surface area contributed by atoms with Crippen molar-refractivity contribution in [1.82, 2.24) is 0 Å². The van der Waals surface area contributed by atoms with Crippen LogP contribution in [0, 0.1) is 6.92 Å². The van der Waals surface area contributed by atoms with Crippen molar-refractivity contribution < 1.29 is 13.5 Å². The molecule has 0 aromatic heterocycles. The van der Waals surface area contributed by atoms with Crippen LogP contribution >= 0.6 is 0 Å². The highest BCUT2D eigenvalue weighted by molar-refractivity contribution is 7.90. The molecule has 5 heteroatoms. The van der Waals surface area contributed by atoms with Gasteiger partial charge in [0.15, 0.2) is 9.84 Å². The third-order valence-electron chi connectivity index (χ3n) is 3.29. The van der Waals surface area contributed by atoms with E-state index in [2.05, 4.69) is 5.32 Å². The molecule has 0 aliphatic heterocycles. The molecular formula is C16H19NO3S. The van der Waals surface area contributed by atoms with Crippen LogP contribution in [0.1, 0.15) is 16.7 Å². The van der Waals surface area contributed by atoms with E-state index in [4.69, 9.17) is 5.11 Å². The molecule has 112 valence electrons. The van der Waals surface area contributed by atoms with Crippen LogP contribution in [0.4, 0.5) is 5.69 Å². The third kappa shape index (κ3) is 4.06. The standard InChI is InChI=1S/C16H19NO3S/c1-12-3-8-15(9-16(12)21(2,19)20)17-10-13-4-6-14(11-18)7-5-13/h3-9,17-18H,10-11H2,1-2H3. The highest BCUT2D eigenvalue weighted by Gasteiger charge is 2.11. The average Bonchev–Trinajstić information content (AvgIpc) is 2.45. The minimum atomic E-state index is -3.22. The van der Waals surface area contributed by atoms with Gasteiger partial charge in [0, 0.05) is 18.5 Å². The summed E-state index contributed by atoms with van der Waals surface area (Å²) in [5.41, 5.74) is 3.45. The maximum absolute atomic E-state index is 11.7. The maximum atomic E-state index is 11.7. The quantitative estimate of drug-likeness (QED) is 0.891. The Kier molecular flexibility index (Phi) is 4.65. The van der Waals surface area contributed by atoms with E-state index in [1.807, 2.05) is 30.3 Å². The number of nitrogens with one attached hydrogen (secondary N) is 1. The van der Waals surface area contributed by atoms with Crippen molar-refractivity contribution in [2.24, 2.45) is 0 Å². The van der Waals surface area contributed by atoms with Gasteiger partial charge in [0.1, 0.15) is 0 Å². The molecule has 0 atom stereocenters. The van der Waals surface area contributed by atoms with Gasteiger partial charge >= 0.3 is 0 Å². The van der Waals surface area contributed by atoms with E-state index in [0.29, 0.717) is 11.4 Å². The van der Waals surface area contributed by atoms with E-state index in [-0.39, 0.29) is 6.61 Å². The van der Waals surface area contributed by atoms with Gasteiger partial charge in [-0.25, -0.2) is 8.42 Å². The van der Waals surface area contributed by atoms with Crippen molar-refractivity contribution >= 4 is 15.5 Å². The summed E-state index contributed by atoms with van der Waals surface area (Å²) in [6, 6.07) is 12.9. The Balaban J connectivity index is 2.13. The molecule has 0 aliphatic rings. The molecule has 0 unspecified atom stereocenters. The van der Waals surface area contributed by atoms with E-state index in [1.165, 1.54) is 6.26 Å². The molecule has 0 bridgehead atoms. The lowest BCUT2D eigenvalue weighted by Gasteiger charge is -2.10. The predicted molar refractivity (Wildman–Crippen MR) is 84.0 cm³/mol. The smallest absolute Gasteiger partial charge is 0.175 e. The van der Waals surface area contributed by atoms with Gasteiger partial charge in [-0.2, -0.15) is 0 Å². The molecule has 2 rings (SSSR count). The van der Waals surface area contributed by atoms with E-state index in [1.54, 1.807) is 19.1 Å². The summed E-state index contributed by atoms with van der Waals surface area (Å²) >= 11 is 0. The van der Waals surface area contributed by atoms with Gasteiger partial charge < -0.3 is 10.4 Å². The molecule has 0 saturated heterocycles. The van der Waals surface area contributed by atoms with Gasteiger partial charge in [-0.05, 0) is 35.7 Å². The fraction of sp³-hybridized carbons (Fsp3) is 0.250. The number of aliphatic hydroxyl groups excluding tert-OH is 1. The second kappa shape index (κ2) is 6.28.